The molecule has 5 nitrogen and oxygen atoms in total. The number of amides is 2. The Bertz CT molecular complexity index is 863. The Kier molecular flexibility index (Phi) is 7.94. The fourth-order valence-corrected chi connectivity index (χ4v) is 4.92. The summed E-state index contributed by atoms with van der Waals surface area (Å²) in [5, 5.41) is 3.08. The number of carbonyl (C=O) groups excluding carboxylic acids is 2. The van der Waals surface area contributed by atoms with Gasteiger partial charge in [-0.3, -0.25) is 9.59 Å². The minimum absolute atomic E-state index is 0.0273. The molecule has 32 heavy (non-hydrogen) atoms. The molecule has 2 heterocycles. The van der Waals surface area contributed by atoms with Crippen LogP contribution in [0.1, 0.15) is 30.4 Å². The molecule has 5 heteroatoms. The number of rotatable bonds is 9. The largest absolute Gasteiger partial charge is 0.355 e. The minimum atomic E-state index is -0.213. The molecule has 2 aromatic rings. The highest BCUT2D eigenvalue weighted by Crippen LogP contribution is 2.22. The third-order valence-electron chi connectivity index (χ3n) is 6.90. The Labute approximate surface area is 191 Å². The highest BCUT2D eigenvalue weighted by atomic mass is 16.2. The first-order valence-corrected chi connectivity index (χ1v) is 12.0. The van der Waals surface area contributed by atoms with Gasteiger partial charge in [0.05, 0.1) is 5.92 Å². The predicted molar refractivity (Wildman–Crippen MR) is 127 cm³/mol. The summed E-state index contributed by atoms with van der Waals surface area (Å²) in [6.45, 7) is 4.98. The lowest BCUT2D eigenvalue weighted by atomic mass is 9.90. The van der Waals surface area contributed by atoms with Crippen LogP contribution in [0.5, 0.6) is 0 Å². The second kappa shape index (κ2) is 11.3. The van der Waals surface area contributed by atoms with Crippen LogP contribution in [-0.2, 0) is 22.4 Å². The molecule has 170 valence electrons. The summed E-state index contributed by atoms with van der Waals surface area (Å²) in [5.41, 5.74) is 2.66. The number of hydrogen-bond donors (Lipinski definition) is 1. The van der Waals surface area contributed by atoms with Gasteiger partial charge in [-0.25, -0.2) is 0 Å². The van der Waals surface area contributed by atoms with Crippen molar-refractivity contribution in [1.82, 2.24) is 15.1 Å². The van der Waals surface area contributed by atoms with E-state index < -0.39 is 0 Å². The van der Waals surface area contributed by atoms with Gasteiger partial charge in [0.15, 0.2) is 0 Å². The number of nitrogens with one attached hydrogen (secondary N) is 1. The predicted octanol–water partition coefficient (Wildman–Crippen LogP) is 3.15. The van der Waals surface area contributed by atoms with Gasteiger partial charge in [-0.1, -0.05) is 60.7 Å². The normalized spacial score (nSPS) is 19.9. The van der Waals surface area contributed by atoms with Crippen LogP contribution >= 0.6 is 0 Å². The van der Waals surface area contributed by atoms with E-state index in [0.717, 1.165) is 32.0 Å². The molecule has 0 saturated carbocycles. The second-order valence-corrected chi connectivity index (χ2v) is 9.24. The van der Waals surface area contributed by atoms with Gasteiger partial charge in [0, 0.05) is 32.6 Å². The molecule has 0 spiro atoms. The Morgan fingerprint density at radius 2 is 1.56 bits per heavy atom. The lowest BCUT2D eigenvalue weighted by Crippen LogP contribution is -2.41. The maximum absolute atomic E-state index is 12.6. The Morgan fingerprint density at radius 3 is 2.25 bits per heavy atom. The molecule has 1 unspecified atom stereocenters. The van der Waals surface area contributed by atoms with Crippen molar-refractivity contribution in [3.8, 4) is 0 Å². The monoisotopic (exact) mass is 433 g/mol. The first kappa shape index (κ1) is 22.5. The number of likely N-dealkylation sites (tertiary alicyclic amines) is 2. The van der Waals surface area contributed by atoms with E-state index in [9.17, 15) is 9.59 Å². The summed E-state index contributed by atoms with van der Waals surface area (Å²) in [7, 11) is 0. The van der Waals surface area contributed by atoms with Crippen LogP contribution in [0.3, 0.4) is 0 Å². The molecular weight excluding hydrogens is 398 g/mol. The number of piperidine rings is 1. The molecule has 1 N–H and O–H groups in total. The maximum atomic E-state index is 12.6. The average Bonchev–Trinajstić information content (AvgIpc) is 3.21. The molecule has 4 rings (SSSR count). The average molecular weight is 434 g/mol. The summed E-state index contributed by atoms with van der Waals surface area (Å²) in [4.78, 5) is 29.2. The Morgan fingerprint density at radius 1 is 0.906 bits per heavy atom. The van der Waals surface area contributed by atoms with Crippen molar-refractivity contribution in [2.75, 3.05) is 39.3 Å². The lowest BCUT2D eigenvalue weighted by molar-refractivity contribution is -0.129. The summed E-state index contributed by atoms with van der Waals surface area (Å²) < 4.78 is 0. The zero-order chi connectivity index (χ0) is 22.2. The molecule has 0 aliphatic carbocycles. The standard InChI is InChI=1S/C27H35N3O2/c31-26-20-25(21-30(26)17-13-22-7-3-1-4-8-22)27(32)28-14-18-29-15-11-24(12-16-29)19-23-9-5-2-6-10-23/h1-10,24-25H,11-21H2,(H,28,32). The first-order chi connectivity index (χ1) is 15.7. The highest BCUT2D eigenvalue weighted by molar-refractivity contribution is 5.89. The SMILES string of the molecule is O=C(NCCN1CCC(Cc2ccccc2)CC1)C1CC(=O)N(CCc2ccccc2)C1. The van der Waals surface area contributed by atoms with Gasteiger partial charge >= 0.3 is 0 Å². The van der Waals surface area contributed by atoms with Gasteiger partial charge in [0.2, 0.25) is 11.8 Å². The summed E-state index contributed by atoms with van der Waals surface area (Å²) in [5.74, 6) is 0.672. The fourth-order valence-electron chi connectivity index (χ4n) is 4.92. The van der Waals surface area contributed by atoms with Crippen LogP contribution in [0.25, 0.3) is 0 Å². The molecule has 2 fully saturated rings. The molecule has 2 saturated heterocycles. The zero-order valence-electron chi connectivity index (χ0n) is 18.9. The third kappa shape index (κ3) is 6.42. The van der Waals surface area contributed by atoms with Gasteiger partial charge in [0.25, 0.3) is 0 Å². The van der Waals surface area contributed by atoms with Crippen molar-refractivity contribution in [2.24, 2.45) is 11.8 Å². The second-order valence-electron chi connectivity index (χ2n) is 9.24. The van der Waals surface area contributed by atoms with E-state index in [4.69, 9.17) is 0 Å². The quantitative estimate of drug-likeness (QED) is 0.661. The van der Waals surface area contributed by atoms with Crippen LogP contribution in [-0.4, -0.2) is 60.9 Å². The maximum Gasteiger partial charge on any atom is 0.225 e. The Balaban J connectivity index is 1.12. The Hall–Kier alpha value is -2.66. The summed E-state index contributed by atoms with van der Waals surface area (Å²) in [6, 6.07) is 20.9. The van der Waals surface area contributed by atoms with E-state index in [1.807, 2.05) is 23.1 Å². The minimum Gasteiger partial charge on any atom is -0.355 e. The van der Waals surface area contributed by atoms with Crippen molar-refractivity contribution >= 4 is 11.8 Å². The zero-order valence-corrected chi connectivity index (χ0v) is 18.9. The number of carbonyl (C=O) groups is 2. The fraction of sp³-hybridized carbons (Fsp3) is 0.481. The molecule has 2 aliphatic heterocycles. The van der Waals surface area contributed by atoms with Crippen molar-refractivity contribution in [3.05, 3.63) is 71.8 Å². The smallest absolute Gasteiger partial charge is 0.225 e. The van der Waals surface area contributed by atoms with Crippen molar-refractivity contribution in [3.63, 3.8) is 0 Å². The van der Waals surface area contributed by atoms with Crippen molar-refractivity contribution < 1.29 is 9.59 Å². The number of hydrogen-bond acceptors (Lipinski definition) is 3. The molecule has 0 bridgehead atoms. The van der Waals surface area contributed by atoms with Crippen LogP contribution in [0.2, 0.25) is 0 Å². The molecule has 1 atom stereocenters. The van der Waals surface area contributed by atoms with Crippen LogP contribution < -0.4 is 5.32 Å². The first-order valence-electron chi connectivity index (χ1n) is 12.0. The third-order valence-corrected chi connectivity index (χ3v) is 6.90. The van der Waals surface area contributed by atoms with Crippen LogP contribution in [0, 0.1) is 11.8 Å². The summed E-state index contributed by atoms with van der Waals surface area (Å²) >= 11 is 0. The topological polar surface area (TPSA) is 52.7 Å². The van der Waals surface area contributed by atoms with Crippen molar-refractivity contribution in [2.45, 2.75) is 32.1 Å². The molecule has 2 amide bonds. The van der Waals surface area contributed by atoms with E-state index in [0.29, 0.717) is 26.1 Å². The van der Waals surface area contributed by atoms with Gasteiger partial charge in [-0.15, -0.1) is 0 Å². The molecule has 2 aliphatic rings. The van der Waals surface area contributed by atoms with Gasteiger partial charge in [-0.2, -0.15) is 0 Å². The molecular formula is C27H35N3O2. The van der Waals surface area contributed by atoms with Crippen LogP contribution in [0.15, 0.2) is 60.7 Å². The number of nitrogens with zero attached hydrogens (tertiary/aromatic N) is 2. The summed E-state index contributed by atoms with van der Waals surface area (Å²) in [6.07, 6.45) is 4.78. The van der Waals surface area contributed by atoms with Gasteiger partial charge in [0.1, 0.15) is 0 Å². The van der Waals surface area contributed by atoms with E-state index in [-0.39, 0.29) is 17.7 Å². The van der Waals surface area contributed by atoms with Gasteiger partial charge < -0.3 is 15.1 Å². The van der Waals surface area contributed by atoms with E-state index in [1.54, 1.807) is 0 Å². The van der Waals surface area contributed by atoms with Crippen molar-refractivity contribution in [1.29, 1.82) is 0 Å². The molecule has 0 radical (unpaired) electrons. The molecule has 0 aromatic heterocycles. The number of benzene rings is 2. The van der Waals surface area contributed by atoms with E-state index in [1.165, 1.54) is 30.4 Å². The van der Waals surface area contributed by atoms with Gasteiger partial charge in [-0.05, 0) is 55.8 Å². The van der Waals surface area contributed by atoms with E-state index >= 15 is 0 Å². The highest BCUT2D eigenvalue weighted by Gasteiger charge is 2.33. The van der Waals surface area contributed by atoms with E-state index in [2.05, 4.69) is 52.7 Å². The van der Waals surface area contributed by atoms with Crippen LogP contribution in [0.4, 0.5) is 0 Å². The lowest BCUT2D eigenvalue weighted by Gasteiger charge is -2.32. The molecule has 2 aromatic carbocycles.